The molecule has 0 radical (unpaired) electrons. The van der Waals surface area contributed by atoms with Crippen molar-refractivity contribution in [2.45, 2.75) is 37.4 Å². The SMILES string of the molecule is CSCC[C@H](NC(=O)[C@H](Cc1c[nH]c2ccccc12)NC(=O)[C@@H](N)Cc1c[nH]c2ccccc12)C(=O)O. The number of carbonyl (C=O) groups is 3. The Hall–Kier alpha value is -3.76. The van der Waals surface area contributed by atoms with E-state index in [1.807, 2.05) is 61.0 Å². The quantitative estimate of drug-likeness (QED) is 0.168. The number of aliphatic carboxylic acids is 1. The van der Waals surface area contributed by atoms with Crippen LogP contribution in [0.15, 0.2) is 60.9 Å². The number of aromatic amines is 2. The number of benzene rings is 2. The number of hydrogen-bond donors (Lipinski definition) is 6. The van der Waals surface area contributed by atoms with Gasteiger partial charge in [0.25, 0.3) is 0 Å². The highest BCUT2D eigenvalue weighted by molar-refractivity contribution is 7.98. The number of nitrogens with one attached hydrogen (secondary N) is 4. The van der Waals surface area contributed by atoms with Crippen LogP contribution >= 0.6 is 11.8 Å². The molecule has 2 aromatic heterocycles. The molecule has 9 nitrogen and oxygen atoms in total. The fraction of sp³-hybridized carbons (Fsp3) is 0.296. The lowest BCUT2D eigenvalue weighted by molar-refractivity contribution is -0.142. The van der Waals surface area contributed by atoms with Gasteiger partial charge in [0.05, 0.1) is 6.04 Å². The highest BCUT2D eigenvalue weighted by Crippen LogP contribution is 2.21. The minimum Gasteiger partial charge on any atom is -0.480 e. The highest BCUT2D eigenvalue weighted by Gasteiger charge is 2.29. The molecule has 3 atom stereocenters. The van der Waals surface area contributed by atoms with Gasteiger partial charge in [-0.05, 0) is 48.1 Å². The second-order valence-electron chi connectivity index (χ2n) is 8.98. The number of thioether (sulfide) groups is 1. The minimum absolute atomic E-state index is 0.177. The molecule has 0 saturated heterocycles. The number of fused-ring (bicyclic) bond motifs is 2. The molecule has 37 heavy (non-hydrogen) atoms. The Bertz CT molecular complexity index is 1400. The van der Waals surface area contributed by atoms with E-state index in [1.54, 1.807) is 6.20 Å². The van der Waals surface area contributed by atoms with Crippen molar-refractivity contribution < 1.29 is 19.5 Å². The Morgan fingerprint density at radius 2 is 1.41 bits per heavy atom. The summed E-state index contributed by atoms with van der Waals surface area (Å²) in [5.74, 6) is -1.59. The van der Waals surface area contributed by atoms with Crippen molar-refractivity contribution in [2.24, 2.45) is 5.73 Å². The first-order chi connectivity index (χ1) is 17.9. The standard InChI is InChI=1S/C27H31N5O4S/c1-37-11-10-23(27(35)36)31-26(34)24(13-17-15-30-22-9-5-3-7-19(17)22)32-25(33)20(28)12-16-14-29-21-8-4-2-6-18(16)21/h2-9,14-15,20,23-24,29-30H,10-13,28H2,1H3,(H,31,34)(H,32,33)(H,35,36)/t20-,23-,24-/m0/s1. The maximum atomic E-state index is 13.3. The zero-order chi connectivity index (χ0) is 26.4. The van der Waals surface area contributed by atoms with Gasteiger partial charge in [0, 0.05) is 40.6 Å². The van der Waals surface area contributed by atoms with Crippen LogP contribution in [0.25, 0.3) is 21.8 Å². The van der Waals surface area contributed by atoms with Gasteiger partial charge >= 0.3 is 5.97 Å². The molecule has 0 unspecified atom stereocenters. The molecule has 2 heterocycles. The van der Waals surface area contributed by atoms with Crippen LogP contribution in [0.5, 0.6) is 0 Å². The summed E-state index contributed by atoms with van der Waals surface area (Å²) in [6.07, 6.45) is 6.23. The van der Waals surface area contributed by atoms with Gasteiger partial charge < -0.3 is 31.4 Å². The predicted molar refractivity (Wildman–Crippen MR) is 146 cm³/mol. The monoisotopic (exact) mass is 521 g/mol. The zero-order valence-corrected chi connectivity index (χ0v) is 21.3. The molecular formula is C27H31N5O4S. The normalized spacial score (nSPS) is 13.8. The Balaban J connectivity index is 1.52. The van der Waals surface area contributed by atoms with E-state index >= 15 is 0 Å². The van der Waals surface area contributed by atoms with Crippen LogP contribution in [0.4, 0.5) is 0 Å². The molecule has 0 aliphatic rings. The molecule has 0 bridgehead atoms. The van der Waals surface area contributed by atoms with Crippen molar-refractivity contribution in [1.29, 1.82) is 0 Å². The summed E-state index contributed by atoms with van der Waals surface area (Å²) in [5, 5.41) is 16.9. The van der Waals surface area contributed by atoms with Crippen molar-refractivity contribution >= 4 is 51.4 Å². The highest BCUT2D eigenvalue weighted by atomic mass is 32.2. The van der Waals surface area contributed by atoms with Gasteiger partial charge in [0.1, 0.15) is 12.1 Å². The van der Waals surface area contributed by atoms with Crippen LogP contribution in [-0.2, 0) is 27.2 Å². The molecule has 10 heteroatoms. The van der Waals surface area contributed by atoms with Crippen LogP contribution in [0, 0.1) is 0 Å². The first kappa shape index (κ1) is 26.3. The van der Waals surface area contributed by atoms with E-state index in [1.165, 1.54) is 11.8 Å². The fourth-order valence-corrected chi connectivity index (χ4v) is 4.88. The van der Waals surface area contributed by atoms with E-state index in [0.717, 1.165) is 32.9 Å². The molecule has 0 aliphatic carbocycles. The topological polar surface area (TPSA) is 153 Å². The second-order valence-corrected chi connectivity index (χ2v) is 9.96. The molecule has 4 aromatic rings. The lowest BCUT2D eigenvalue weighted by Crippen LogP contribution is -2.55. The van der Waals surface area contributed by atoms with E-state index in [-0.39, 0.29) is 19.3 Å². The van der Waals surface area contributed by atoms with Crippen molar-refractivity contribution in [3.63, 3.8) is 0 Å². The molecule has 194 valence electrons. The first-order valence-corrected chi connectivity index (χ1v) is 13.4. The number of aromatic nitrogens is 2. The van der Waals surface area contributed by atoms with Gasteiger partial charge in [0.2, 0.25) is 11.8 Å². The van der Waals surface area contributed by atoms with Crippen molar-refractivity contribution in [2.75, 3.05) is 12.0 Å². The number of amides is 2. The number of carbonyl (C=O) groups excluding carboxylic acids is 2. The fourth-order valence-electron chi connectivity index (χ4n) is 4.40. The summed E-state index contributed by atoms with van der Waals surface area (Å²) in [7, 11) is 0. The lowest BCUT2D eigenvalue weighted by atomic mass is 10.0. The van der Waals surface area contributed by atoms with Crippen molar-refractivity contribution in [3.05, 3.63) is 72.1 Å². The summed E-state index contributed by atoms with van der Waals surface area (Å²) in [6, 6.07) is 12.4. The summed E-state index contributed by atoms with van der Waals surface area (Å²) in [4.78, 5) is 44.5. The largest absolute Gasteiger partial charge is 0.480 e. The van der Waals surface area contributed by atoms with E-state index < -0.39 is 35.9 Å². The number of carboxylic acid groups (broad SMARTS) is 1. The molecule has 0 aliphatic heterocycles. The number of hydrogen-bond acceptors (Lipinski definition) is 5. The molecule has 7 N–H and O–H groups in total. The van der Waals surface area contributed by atoms with Crippen LogP contribution in [0.1, 0.15) is 17.5 Å². The molecular weight excluding hydrogens is 490 g/mol. The molecule has 0 saturated carbocycles. The van der Waals surface area contributed by atoms with Gasteiger partial charge in [0.15, 0.2) is 0 Å². The summed E-state index contributed by atoms with van der Waals surface area (Å²) in [6.45, 7) is 0. The summed E-state index contributed by atoms with van der Waals surface area (Å²) >= 11 is 1.50. The zero-order valence-electron chi connectivity index (χ0n) is 20.5. The second kappa shape index (κ2) is 12.0. The van der Waals surface area contributed by atoms with E-state index in [4.69, 9.17) is 5.73 Å². The third kappa shape index (κ3) is 6.33. The van der Waals surface area contributed by atoms with Gasteiger partial charge in [-0.1, -0.05) is 36.4 Å². The molecule has 4 rings (SSSR count). The van der Waals surface area contributed by atoms with Gasteiger partial charge in [-0.3, -0.25) is 9.59 Å². The lowest BCUT2D eigenvalue weighted by Gasteiger charge is -2.23. The van der Waals surface area contributed by atoms with Crippen LogP contribution < -0.4 is 16.4 Å². The minimum atomic E-state index is -1.12. The number of para-hydroxylation sites is 2. The summed E-state index contributed by atoms with van der Waals surface area (Å²) < 4.78 is 0. The van der Waals surface area contributed by atoms with Gasteiger partial charge in [-0.2, -0.15) is 11.8 Å². The predicted octanol–water partition coefficient (Wildman–Crippen LogP) is 2.57. The molecule has 0 spiro atoms. The van der Waals surface area contributed by atoms with E-state index in [2.05, 4.69) is 20.6 Å². The Morgan fingerprint density at radius 1 is 0.865 bits per heavy atom. The Kier molecular flexibility index (Phi) is 8.52. The maximum Gasteiger partial charge on any atom is 0.326 e. The van der Waals surface area contributed by atoms with E-state index in [0.29, 0.717) is 5.75 Å². The van der Waals surface area contributed by atoms with Crippen molar-refractivity contribution in [3.8, 4) is 0 Å². The van der Waals surface area contributed by atoms with Crippen LogP contribution in [0.3, 0.4) is 0 Å². The van der Waals surface area contributed by atoms with Crippen LogP contribution in [-0.4, -0.2) is 63.0 Å². The molecule has 0 fully saturated rings. The number of rotatable bonds is 12. The third-order valence-corrected chi connectivity index (χ3v) is 7.05. The average Bonchev–Trinajstić information content (AvgIpc) is 3.50. The van der Waals surface area contributed by atoms with Gasteiger partial charge in [-0.25, -0.2) is 4.79 Å². The number of nitrogens with two attached hydrogens (primary N) is 1. The third-order valence-electron chi connectivity index (χ3n) is 6.41. The average molecular weight is 522 g/mol. The van der Waals surface area contributed by atoms with Crippen molar-refractivity contribution in [1.82, 2.24) is 20.6 Å². The smallest absolute Gasteiger partial charge is 0.326 e. The Labute approximate surface area is 218 Å². The number of H-pyrrole nitrogens is 2. The maximum absolute atomic E-state index is 13.3. The van der Waals surface area contributed by atoms with E-state index in [9.17, 15) is 19.5 Å². The first-order valence-electron chi connectivity index (χ1n) is 12.1. The molecule has 2 amide bonds. The number of carboxylic acids is 1. The summed E-state index contributed by atoms with van der Waals surface area (Å²) in [5.41, 5.74) is 9.85. The Morgan fingerprint density at radius 3 is 1.97 bits per heavy atom. The molecule has 2 aromatic carbocycles. The van der Waals surface area contributed by atoms with Gasteiger partial charge in [-0.15, -0.1) is 0 Å². The van der Waals surface area contributed by atoms with Crippen LogP contribution in [0.2, 0.25) is 0 Å².